The molecular weight excluding hydrogens is 298 g/mol. The first-order valence-corrected chi connectivity index (χ1v) is 8.83. The largest absolute Gasteiger partial charge is 0.373 e. The first-order valence-electron chi connectivity index (χ1n) is 8.83. The molecule has 1 fully saturated rings. The third-order valence-electron chi connectivity index (χ3n) is 4.54. The van der Waals surface area contributed by atoms with Crippen molar-refractivity contribution in [3.8, 4) is 0 Å². The summed E-state index contributed by atoms with van der Waals surface area (Å²) in [6, 6.07) is 10.5. The predicted molar refractivity (Wildman–Crippen MR) is 97.7 cm³/mol. The summed E-state index contributed by atoms with van der Waals surface area (Å²) in [6.07, 6.45) is 7.59. The molecule has 1 aliphatic rings. The van der Waals surface area contributed by atoms with Gasteiger partial charge in [-0.2, -0.15) is 5.10 Å². The van der Waals surface area contributed by atoms with E-state index < -0.39 is 0 Å². The third kappa shape index (κ3) is 4.34. The quantitative estimate of drug-likeness (QED) is 0.844. The number of aromatic nitrogens is 2. The normalized spacial score (nSPS) is 21.3. The Kier molecular flexibility index (Phi) is 5.83. The van der Waals surface area contributed by atoms with E-state index in [1.54, 1.807) is 0 Å². The molecule has 0 saturated carbocycles. The van der Waals surface area contributed by atoms with Gasteiger partial charge in [0.05, 0.1) is 12.3 Å². The van der Waals surface area contributed by atoms with Gasteiger partial charge in [0.1, 0.15) is 0 Å². The molecule has 2 atom stereocenters. The van der Waals surface area contributed by atoms with Crippen molar-refractivity contribution >= 4 is 6.08 Å². The number of nitrogens with zero attached hydrogens (tertiary/aromatic N) is 2. The smallest absolute Gasteiger partial charge is 0.0896 e. The van der Waals surface area contributed by atoms with Gasteiger partial charge in [-0.15, -0.1) is 0 Å². The van der Waals surface area contributed by atoms with E-state index in [9.17, 15) is 0 Å². The zero-order valence-corrected chi connectivity index (χ0v) is 14.6. The Labute approximate surface area is 144 Å². The van der Waals surface area contributed by atoms with Gasteiger partial charge in [0.2, 0.25) is 0 Å². The minimum atomic E-state index is 0.177. The van der Waals surface area contributed by atoms with Crippen LogP contribution in [-0.2, 0) is 11.3 Å². The zero-order chi connectivity index (χ0) is 16.8. The summed E-state index contributed by atoms with van der Waals surface area (Å²) in [4.78, 5) is 0. The maximum Gasteiger partial charge on any atom is 0.0896 e. The lowest BCUT2D eigenvalue weighted by atomic mass is 9.97. The van der Waals surface area contributed by atoms with Gasteiger partial charge in [0.15, 0.2) is 0 Å². The molecule has 128 valence electrons. The highest BCUT2D eigenvalue weighted by Gasteiger charge is 2.30. The van der Waals surface area contributed by atoms with E-state index in [1.165, 1.54) is 16.7 Å². The molecule has 0 spiro atoms. The second-order valence-electron chi connectivity index (χ2n) is 6.50. The molecule has 0 bridgehead atoms. The lowest BCUT2D eigenvalue weighted by molar-refractivity contribution is 0.0906. The Balaban J connectivity index is 1.51. The van der Waals surface area contributed by atoms with Crippen molar-refractivity contribution in [3.05, 3.63) is 59.4 Å². The van der Waals surface area contributed by atoms with E-state index in [0.29, 0.717) is 5.92 Å². The summed E-state index contributed by atoms with van der Waals surface area (Å²) in [5.41, 5.74) is 3.80. The SMILES string of the molecule is CCn1cc(C2OCCC2CNC/C(C)=C/c2ccccc2)cn1. The van der Waals surface area contributed by atoms with E-state index in [2.05, 4.69) is 60.8 Å². The molecule has 1 aliphatic heterocycles. The van der Waals surface area contributed by atoms with Crippen LogP contribution in [0.15, 0.2) is 48.3 Å². The van der Waals surface area contributed by atoms with Crippen molar-refractivity contribution < 1.29 is 4.74 Å². The Bertz CT molecular complexity index is 663. The maximum atomic E-state index is 5.95. The third-order valence-corrected chi connectivity index (χ3v) is 4.54. The molecule has 1 aromatic heterocycles. The van der Waals surface area contributed by atoms with E-state index in [1.807, 2.05) is 16.9 Å². The summed E-state index contributed by atoms with van der Waals surface area (Å²) in [5, 5.41) is 7.97. The molecule has 2 heterocycles. The van der Waals surface area contributed by atoms with E-state index >= 15 is 0 Å². The molecule has 0 amide bonds. The van der Waals surface area contributed by atoms with Crippen LogP contribution in [0.1, 0.15) is 37.5 Å². The van der Waals surface area contributed by atoms with Crippen molar-refractivity contribution in [2.75, 3.05) is 19.7 Å². The van der Waals surface area contributed by atoms with Crippen LogP contribution in [0, 0.1) is 5.92 Å². The summed E-state index contributed by atoms with van der Waals surface area (Å²) in [6.45, 7) is 7.90. The Morgan fingerprint density at radius 2 is 2.21 bits per heavy atom. The molecular formula is C20H27N3O. The molecule has 1 N–H and O–H groups in total. The first kappa shape index (κ1) is 16.9. The average molecular weight is 325 g/mol. The van der Waals surface area contributed by atoms with E-state index in [-0.39, 0.29) is 6.10 Å². The fraction of sp³-hybridized carbons (Fsp3) is 0.450. The van der Waals surface area contributed by atoms with Gasteiger partial charge in [0, 0.05) is 43.9 Å². The number of hydrogen-bond donors (Lipinski definition) is 1. The van der Waals surface area contributed by atoms with Crippen LogP contribution in [0.2, 0.25) is 0 Å². The number of benzene rings is 1. The zero-order valence-electron chi connectivity index (χ0n) is 14.6. The fourth-order valence-corrected chi connectivity index (χ4v) is 3.25. The molecule has 1 aromatic carbocycles. The second kappa shape index (κ2) is 8.27. The molecule has 24 heavy (non-hydrogen) atoms. The van der Waals surface area contributed by atoms with Gasteiger partial charge >= 0.3 is 0 Å². The second-order valence-corrected chi connectivity index (χ2v) is 6.50. The van der Waals surface area contributed by atoms with Crippen molar-refractivity contribution in [1.82, 2.24) is 15.1 Å². The molecule has 3 rings (SSSR count). The van der Waals surface area contributed by atoms with Gasteiger partial charge in [0.25, 0.3) is 0 Å². The van der Waals surface area contributed by atoms with Crippen LogP contribution in [-0.4, -0.2) is 29.5 Å². The summed E-state index contributed by atoms with van der Waals surface area (Å²) in [5.74, 6) is 0.518. The topological polar surface area (TPSA) is 39.1 Å². The number of ether oxygens (including phenoxy) is 1. The molecule has 2 aromatic rings. The standard InChI is InChI=1S/C20H27N3O/c1-3-23-15-19(14-22-23)20-18(9-10-24-20)13-21-12-16(2)11-17-7-5-4-6-8-17/h4-8,11,14-15,18,20-21H,3,9-10,12-13H2,1-2H3/b16-11+. The highest BCUT2D eigenvalue weighted by atomic mass is 16.5. The number of aryl methyl sites for hydroxylation is 1. The molecule has 0 radical (unpaired) electrons. The van der Waals surface area contributed by atoms with Crippen molar-refractivity contribution in [2.45, 2.75) is 32.9 Å². The molecule has 4 heteroatoms. The van der Waals surface area contributed by atoms with Gasteiger partial charge in [-0.1, -0.05) is 42.0 Å². The Morgan fingerprint density at radius 3 is 2.96 bits per heavy atom. The number of hydrogen-bond acceptors (Lipinski definition) is 3. The summed E-state index contributed by atoms with van der Waals surface area (Å²) < 4.78 is 7.92. The minimum absolute atomic E-state index is 0.177. The van der Waals surface area contributed by atoms with Crippen molar-refractivity contribution in [3.63, 3.8) is 0 Å². The Hall–Kier alpha value is -1.91. The number of nitrogens with one attached hydrogen (secondary N) is 1. The summed E-state index contributed by atoms with van der Waals surface area (Å²) >= 11 is 0. The maximum absolute atomic E-state index is 5.95. The van der Waals surface area contributed by atoms with Crippen LogP contribution < -0.4 is 5.32 Å². The van der Waals surface area contributed by atoms with E-state index in [0.717, 1.165) is 32.7 Å². The number of rotatable bonds is 7. The lowest BCUT2D eigenvalue weighted by Gasteiger charge is -2.18. The van der Waals surface area contributed by atoms with Crippen LogP contribution in [0.4, 0.5) is 0 Å². The van der Waals surface area contributed by atoms with Gasteiger partial charge in [-0.05, 0) is 25.8 Å². The molecule has 4 nitrogen and oxygen atoms in total. The molecule has 0 aliphatic carbocycles. The van der Waals surface area contributed by atoms with Crippen LogP contribution in [0.3, 0.4) is 0 Å². The van der Waals surface area contributed by atoms with Crippen LogP contribution in [0.25, 0.3) is 6.08 Å². The van der Waals surface area contributed by atoms with Gasteiger partial charge in [-0.3, -0.25) is 4.68 Å². The van der Waals surface area contributed by atoms with Crippen molar-refractivity contribution in [1.29, 1.82) is 0 Å². The summed E-state index contributed by atoms with van der Waals surface area (Å²) in [7, 11) is 0. The van der Waals surface area contributed by atoms with E-state index in [4.69, 9.17) is 4.74 Å². The monoisotopic (exact) mass is 325 g/mol. The minimum Gasteiger partial charge on any atom is -0.373 e. The average Bonchev–Trinajstić information content (AvgIpc) is 3.24. The molecule has 2 unspecified atom stereocenters. The Morgan fingerprint density at radius 1 is 1.38 bits per heavy atom. The van der Waals surface area contributed by atoms with Crippen LogP contribution in [0.5, 0.6) is 0 Å². The van der Waals surface area contributed by atoms with Crippen LogP contribution >= 0.6 is 0 Å². The molecule has 1 saturated heterocycles. The van der Waals surface area contributed by atoms with Gasteiger partial charge in [-0.25, -0.2) is 0 Å². The fourth-order valence-electron chi connectivity index (χ4n) is 3.25. The predicted octanol–water partition coefficient (Wildman–Crippen LogP) is 3.67. The van der Waals surface area contributed by atoms with Gasteiger partial charge < -0.3 is 10.1 Å². The highest BCUT2D eigenvalue weighted by Crippen LogP contribution is 2.33. The lowest BCUT2D eigenvalue weighted by Crippen LogP contribution is -2.26. The first-order chi connectivity index (χ1) is 11.8. The highest BCUT2D eigenvalue weighted by molar-refractivity contribution is 5.52. The van der Waals surface area contributed by atoms with Crippen molar-refractivity contribution in [2.24, 2.45) is 5.92 Å².